The molecule has 0 saturated carbocycles. The molecule has 7 heteroatoms. The summed E-state index contributed by atoms with van der Waals surface area (Å²) in [4.78, 5) is 16.1. The van der Waals surface area contributed by atoms with Crippen LogP contribution >= 0.6 is 0 Å². The van der Waals surface area contributed by atoms with Gasteiger partial charge in [0.15, 0.2) is 0 Å². The first-order valence-corrected chi connectivity index (χ1v) is 7.79. The van der Waals surface area contributed by atoms with E-state index in [1.54, 1.807) is 11.0 Å². The maximum Gasteiger partial charge on any atom is 0.220 e. The summed E-state index contributed by atoms with van der Waals surface area (Å²) in [6.45, 7) is 2.74. The molecule has 0 aromatic carbocycles. The lowest BCUT2D eigenvalue weighted by Gasteiger charge is -2.24. The Morgan fingerprint density at radius 1 is 1.50 bits per heavy atom. The minimum absolute atomic E-state index is 0.0984. The van der Waals surface area contributed by atoms with Crippen LogP contribution in [0.25, 0.3) is 0 Å². The molecule has 0 spiro atoms. The molecule has 0 saturated heterocycles. The number of amides is 1. The van der Waals surface area contributed by atoms with E-state index in [4.69, 9.17) is 0 Å². The summed E-state index contributed by atoms with van der Waals surface area (Å²) in [5, 5.41) is 11.7. The van der Waals surface area contributed by atoms with E-state index in [-0.39, 0.29) is 11.9 Å². The maximum absolute atomic E-state index is 12.2. The van der Waals surface area contributed by atoms with Gasteiger partial charge < -0.3 is 5.32 Å². The fraction of sp³-hybridized carbons (Fsp3) is 0.600. The first-order chi connectivity index (χ1) is 10.6. The molecular weight excluding hydrogens is 280 g/mol. The van der Waals surface area contributed by atoms with Crippen LogP contribution in [0.2, 0.25) is 0 Å². The van der Waals surface area contributed by atoms with Crippen LogP contribution in [-0.4, -0.2) is 30.5 Å². The van der Waals surface area contributed by atoms with Crippen molar-refractivity contribution < 1.29 is 4.79 Å². The second-order valence-corrected chi connectivity index (χ2v) is 5.84. The Hall–Kier alpha value is -2.18. The zero-order valence-electron chi connectivity index (χ0n) is 13.1. The third kappa shape index (κ3) is 3.03. The lowest BCUT2D eigenvalue weighted by Crippen LogP contribution is -2.31. The summed E-state index contributed by atoms with van der Waals surface area (Å²) >= 11 is 0. The van der Waals surface area contributed by atoms with Gasteiger partial charge in [-0.1, -0.05) is 0 Å². The minimum atomic E-state index is 0.0984. The van der Waals surface area contributed by atoms with Gasteiger partial charge >= 0.3 is 0 Å². The molecule has 0 fully saturated rings. The lowest BCUT2D eigenvalue weighted by atomic mass is 9.91. The van der Waals surface area contributed by atoms with Crippen LogP contribution in [0.1, 0.15) is 48.7 Å². The van der Waals surface area contributed by atoms with E-state index in [9.17, 15) is 4.79 Å². The SMILES string of the molecule is Cc1nn(C)c2c1C(NC(=O)CCCn1cncn1)CCC2. The van der Waals surface area contributed by atoms with Crippen LogP contribution in [0.3, 0.4) is 0 Å². The van der Waals surface area contributed by atoms with Gasteiger partial charge in [0.05, 0.1) is 11.7 Å². The largest absolute Gasteiger partial charge is 0.349 e. The second kappa shape index (κ2) is 6.29. The molecule has 0 aliphatic heterocycles. The van der Waals surface area contributed by atoms with Crippen molar-refractivity contribution in [1.29, 1.82) is 0 Å². The van der Waals surface area contributed by atoms with Crippen LogP contribution in [0.5, 0.6) is 0 Å². The zero-order chi connectivity index (χ0) is 15.5. The van der Waals surface area contributed by atoms with Gasteiger partial charge in [-0.25, -0.2) is 4.98 Å². The summed E-state index contributed by atoms with van der Waals surface area (Å²) in [5.74, 6) is 0.0984. The molecule has 1 atom stereocenters. The van der Waals surface area contributed by atoms with Crippen molar-refractivity contribution in [1.82, 2.24) is 29.9 Å². The van der Waals surface area contributed by atoms with E-state index < -0.39 is 0 Å². The zero-order valence-corrected chi connectivity index (χ0v) is 13.1. The topological polar surface area (TPSA) is 77.6 Å². The van der Waals surface area contributed by atoms with Crippen molar-refractivity contribution in [2.45, 2.75) is 51.6 Å². The molecule has 1 amide bonds. The summed E-state index contributed by atoms with van der Waals surface area (Å²) in [7, 11) is 1.98. The number of aromatic nitrogens is 5. The Balaban J connectivity index is 1.56. The monoisotopic (exact) mass is 302 g/mol. The molecule has 1 unspecified atom stereocenters. The summed E-state index contributed by atoms with van der Waals surface area (Å²) in [6.07, 6.45) is 7.58. The number of hydrogen-bond donors (Lipinski definition) is 1. The lowest BCUT2D eigenvalue weighted by molar-refractivity contribution is -0.122. The van der Waals surface area contributed by atoms with Crippen molar-refractivity contribution in [3.8, 4) is 0 Å². The molecule has 2 heterocycles. The molecular formula is C15H22N6O. The molecule has 22 heavy (non-hydrogen) atoms. The van der Waals surface area contributed by atoms with Gasteiger partial charge in [-0.3, -0.25) is 14.2 Å². The third-order valence-corrected chi connectivity index (χ3v) is 4.24. The Kier molecular flexibility index (Phi) is 4.22. The number of nitrogens with one attached hydrogen (secondary N) is 1. The fourth-order valence-corrected chi connectivity index (χ4v) is 3.25. The molecule has 3 rings (SSSR count). The average molecular weight is 302 g/mol. The van der Waals surface area contributed by atoms with Gasteiger partial charge in [-0.05, 0) is 32.6 Å². The molecule has 118 valence electrons. The highest BCUT2D eigenvalue weighted by molar-refractivity contribution is 5.76. The maximum atomic E-state index is 12.2. The van der Waals surface area contributed by atoms with Crippen molar-refractivity contribution in [2.24, 2.45) is 7.05 Å². The molecule has 1 N–H and O–H groups in total. The Labute approximate surface area is 129 Å². The number of hydrogen-bond acceptors (Lipinski definition) is 4. The smallest absolute Gasteiger partial charge is 0.220 e. The summed E-state index contributed by atoms with van der Waals surface area (Å²) in [6, 6.07) is 0.108. The van der Waals surface area contributed by atoms with E-state index >= 15 is 0 Å². The molecule has 2 aromatic rings. The average Bonchev–Trinajstić information content (AvgIpc) is 3.09. The Morgan fingerprint density at radius 3 is 3.14 bits per heavy atom. The molecule has 1 aliphatic rings. The van der Waals surface area contributed by atoms with Crippen molar-refractivity contribution >= 4 is 5.91 Å². The van der Waals surface area contributed by atoms with Crippen LogP contribution in [-0.2, 0) is 24.8 Å². The fourth-order valence-electron chi connectivity index (χ4n) is 3.25. The summed E-state index contributed by atoms with van der Waals surface area (Å²) in [5.41, 5.74) is 3.51. The molecule has 2 aromatic heterocycles. The van der Waals surface area contributed by atoms with E-state index in [1.807, 2.05) is 18.7 Å². The number of aryl methyl sites for hydroxylation is 3. The highest BCUT2D eigenvalue weighted by atomic mass is 16.1. The van der Waals surface area contributed by atoms with Gasteiger partial charge in [0, 0.05) is 31.3 Å². The molecule has 0 radical (unpaired) electrons. The van der Waals surface area contributed by atoms with Crippen LogP contribution in [0.4, 0.5) is 0 Å². The second-order valence-electron chi connectivity index (χ2n) is 5.84. The van der Waals surface area contributed by atoms with Gasteiger partial charge in [-0.15, -0.1) is 0 Å². The van der Waals surface area contributed by atoms with Crippen LogP contribution < -0.4 is 5.32 Å². The molecule has 0 bridgehead atoms. The first-order valence-electron chi connectivity index (χ1n) is 7.79. The van der Waals surface area contributed by atoms with Crippen molar-refractivity contribution in [2.75, 3.05) is 0 Å². The number of fused-ring (bicyclic) bond motifs is 1. The molecule has 1 aliphatic carbocycles. The third-order valence-electron chi connectivity index (χ3n) is 4.24. The normalized spacial score (nSPS) is 17.3. The first kappa shape index (κ1) is 14.7. The van der Waals surface area contributed by atoms with Crippen LogP contribution in [0, 0.1) is 6.92 Å². The molecule has 7 nitrogen and oxygen atoms in total. The van der Waals surface area contributed by atoms with E-state index in [2.05, 4.69) is 20.5 Å². The summed E-state index contributed by atoms with van der Waals surface area (Å²) < 4.78 is 3.70. The van der Waals surface area contributed by atoms with Gasteiger partial charge in [0.2, 0.25) is 5.91 Å². The van der Waals surface area contributed by atoms with E-state index in [0.717, 1.165) is 37.9 Å². The van der Waals surface area contributed by atoms with Crippen molar-refractivity contribution in [3.05, 3.63) is 29.6 Å². The minimum Gasteiger partial charge on any atom is -0.349 e. The number of rotatable bonds is 5. The predicted octanol–water partition coefficient (Wildman–Crippen LogP) is 1.29. The predicted molar refractivity (Wildman–Crippen MR) is 81.0 cm³/mol. The highest BCUT2D eigenvalue weighted by Crippen LogP contribution is 2.31. The standard InChI is InChI=1S/C15H22N6O/c1-11-15-12(5-3-6-13(15)20(2)19-11)18-14(22)7-4-8-21-10-16-9-17-21/h9-10,12H,3-8H2,1-2H3,(H,18,22). The van der Waals surface area contributed by atoms with E-state index in [1.165, 1.54) is 17.6 Å². The Morgan fingerprint density at radius 2 is 2.36 bits per heavy atom. The Bertz CT molecular complexity index is 645. The van der Waals surface area contributed by atoms with Crippen molar-refractivity contribution in [3.63, 3.8) is 0 Å². The van der Waals surface area contributed by atoms with E-state index in [0.29, 0.717) is 6.42 Å². The highest BCUT2D eigenvalue weighted by Gasteiger charge is 2.27. The number of carbonyl (C=O) groups excluding carboxylic acids is 1. The number of nitrogens with zero attached hydrogens (tertiary/aromatic N) is 5. The van der Waals surface area contributed by atoms with Gasteiger partial charge in [0.25, 0.3) is 0 Å². The number of carbonyl (C=O) groups is 1. The van der Waals surface area contributed by atoms with Crippen LogP contribution in [0.15, 0.2) is 12.7 Å². The van der Waals surface area contributed by atoms with Gasteiger partial charge in [0.1, 0.15) is 12.7 Å². The quantitative estimate of drug-likeness (QED) is 0.903. The van der Waals surface area contributed by atoms with Gasteiger partial charge in [-0.2, -0.15) is 10.2 Å².